The lowest BCUT2D eigenvalue weighted by molar-refractivity contribution is -0.119. The second kappa shape index (κ2) is 9.05. The zero-order valence-corrected chi connectivity index (χ0v) is 15.3. The van der Waals surface area contributed by atoms with Crippen molar-refractivity contribution in [3.05, 3.63) is 52.8 Å². The van der Waals surface area contributed by atoms with Crippen LogP contribution in [0.3, 0.4) is 0 Å². The van der Waals surface area contributed by atoms with Gasteiger partial charge < -0.3 is 19.9 Å². The van der Waals surface area contributed by atoms with E-state index in [4.69, 9.17) is 16.3 Å². The number of amides is 2. The van der Waals surface area contributed by atoms with E-state index in [2.05, 4.69) is 10.3 Å². The molecule has 0 aliphatic heterocycles. The molecule has 1 aromatic carbocycles. The molecule has 0 aliphatic carbocycles. The van der Waals surface area contributed by atoms with Crippen molar-refractivity contribution in [3.63, 3.8) is 0 Å². The SMILES string of the molecule is CCN(CC)C(=O)c1cccc(NC(=O)COC(=O)c2cc(Cl)c[nH]2)c1. The van der Waals surface area contributed by atoms with Gasteiger partial charge in [0.1, 0.15) is 5.69 Å². The Morgan fingerprint density at radius 3 is 2.54 bits per heavy atom. The van der Waals surface area contributed by atoms with Crippen LogP contribution >= 0.6 is 11.6 Å². The topological polar surface area (TPSA) is 91.5 Å². The predicted molar refractivity (Wildman–Crippen MR) is 98.4 cm³/mol. The number of hydrogen-bond acceptors (Lipinski definition) is 4. The lowest BCUT2D eigenvalue weighted by Gasteiger charge is -2.19. The van der Waals surface area contributed by atoms with Crippen LogP contribution in [0.15, 0.2) is 36.5 Å². The maximum Gasteiger partial charge on any atom is 0.355 e. The monoisotopic (exact) mass is 377 g/mol. The normalized spacial score (nSPS) is 10.3. The van der Waals surface area contributed by atoms with Crippen molar-refractivity contribution in [1.29, 1.82) is 0 Å². The minimum absolute atomic E-state index is 0.110. The summed E-state index contributed by atoms with van der Waals surface area (Å²) in [5, 5.41) is 2.97. The quantitative estimate of drug-likeness (QED) is 0.726. The fourth-order valence-corrected chi connectivity index (χ4v) is 2.48. The fourth-order valence-electron chi connectivity index (χ4n) is 2.32. The molecule has 8 heteroatoms. The zero-order chi connectivity index (χ0) is 19.1. The van der Waals surface area contributed by atoms with E-state index < -0.39 is 18.5 Å². The molecule has 0 saturated heterocycles. The molecule has 1 heterocycles. The third-order valence-electron chi connectivity index (χ3n) is 3.65. The molecule has 1 aromatic heterocycles. The number of aromatic nitrogens is 1. The van der Waals surface area contributed by atoms with Crippen LogP contribution in [0.2, 0.25) is 5.02 Å². The maximum atomic E-state index is 12.3. The first-order valence-electron chi connectivity index (χ1n) is 8.14. The van der Waals surface area contributed by atoms with E-state index in [9.17, 15) is 14.4 Å². The van der Waals surface area contributed by atoms with Gasteiger partial charge in [-0.1, -0.05) is 17.7 Å². The number of H-pyrrole nitrogens is 1. The fraction of sp³-hybridized carbons (Fsp3) is 0.278. The van der Waals surface area contributed by atoms with Crippen LogP contribution < -0.4 is 5.32 Å². The first-order chi connectivity index (χ1) is 12.4. The Labute approximate surface area is 156 Å². The summed E-state index contributed by atoms with van der Waals surface area (Å²) in [6.07, 6.45) is 1.44. The zero-order valence-electron chi connectivity index (χ0n) is 14.5. The summed E-state index contributed by atoms with van der Waals surface area (Å²) in [4.78, 5) is 40.4. The van der Waals surface area contributed by atoms with Crippen molar-refractivity contribution < 1.29 is 19.1 Å². The van der Waals surface area contributed by atoms with Gasteiger partial charge in [-0.15, -0.1) is 0 Å². The summed E-state index contributed by atoms with van der Waals surface area (Å²) in [5.41, 5.74) is 1.09. The molecule has 0 fully saturated rings. The molecule has 0 radical (unpaired) electrons. The Kier molecular flexibility index (Phi) is 6.80. The highest BCUT2D eigenvalue weighted by Gasteiger charge is 2.15. The van der Waals surface area contributed by atoms with Gasteiger partial charge in [0.05, 0.1) is 5.02 Å². The number of nitrogens with zero attached hydrogens (tertiary/aromatic N) is 1. The molecule has 0 aliphatic rings. The van der Waals surface area contributed by atoms with Crippen LogP contribution in [-0.4, -0.2) is 47.4 Å². The number of hydrogen-bond donors (Lipinski definition) is 2. The van der Waals surface area contributed by atoms with Crippen molar-refractivity contribution in [2.45, 2.75) is 13.8 Å². The number of ether oxygens (including phenoxy) is 1. The summed E-state index contributed by atoms with van der Waals surface area (Å²) in [6.45, 7) is 4.55. The molecule has 0 bridgehead atoms. The maximum absolute atomic E-state index is 12.3. The molecular weight excluding hydrogens is 358 g/mol. The lowest BCUT2D eigenvalue weighted by Crippen LogP contribution is -2.30. The van der Waals surface area contributed by atoms with E-state index in [0.717, 1.165) is 0 Å². The van der Waals surface area contributed by atoms with Crippen LogP contribution in [0.25, 0.3) is 0 Å². The third kappa shape index (κ3) is 5.10. The van der Waals surface area contributed by atoms with Crippen LogP contribution in [-0.2, 0) is 9.53 Å². The highest BCUT2D eigenvalue weighted by molar-refractivity contribution is 6.30. The highest BCUT2D eigenvalue weighted by atomic mass is 35.5. The minimum Gasteiger partial charge on any atom is -0.451 e. The number of carbonyl (C=O) groups excluding carboxylic acids is 3. The van der Waals surface area contributed by atoms with Gasteiger partial charge in [0.15, 0.2) is 6.61 Å². The highest BCUT2D eigenvalue weighted by Crippen LogP contribution is 2.13. The summed E-state index contributed by atoms with van der Waals surface area (Å²) in [6, 6.07) is 8.02. The molecule has 26 heavy (non-hydrogen) atoms. The average Bonchev–Trinajstić information content (AvgIpc) is 3.07. The van der Waals surface area contributed by atoms with Crippen molar-refractivity contribution >= 4 is 35.1 Å². The van der Waals surface area contributed by atoms with Crippen molar-refractivity contribution in [1.82, 2.24) is 9.88 Å². The van der Waals surface area contributed by atoms with Gasteiger partial charge in [-0.3, -0.25) is 9.59 Å². The number of halogens is 1. The summed E-state index contributed by atoms with van der Waals surface area (Å²) < 4.78 is 4.91. The summed E-state index contributed by atoms with van der Waals surface area (Å²) in [5.74, 6) is -1.30. The Hall–Kier alpha value is -2.80. The van der Waals surface area contributed by atoms with E-state index in [1.807, 2.05) is 13.8 Å². The predicted octanol–water partition coefficient (Wildman–Crippen LogP) is 2.95. The van der Waals surface area contributed by atoms with Crippen LogP contribution in [0, 0.1) is 0 Å². The average molecular weight is 378 g/mol. The van der Waals surface area contributed by atoms with Gasteiger partial charge in [-0.25, -0.2) is 4.79 Å². The Balaban J connectivity index is 1.93. The van der Waals surface area contributed by atoms with Gasteiger partial charge in [-0.2, -0.15) is 0 Å². The summed E-state index contributed by atoms with van der Waals surface area (Å²) in [7, 11) is 0. The molecule has 138 valence electrons. The van der Waals surface area contributed by atoms with Crippen molar-refractivity contribution in [2.24, 2.45) is 0 Å². The van der Waals surface area contributed by atoms with Crippen LogP contribution in [0.4, 0.5) is 5.69 Å². The van der Waals surface area contributed by atoms with E-state index in [0.29, 0.717) is 29.4 Å². The molecule has 0 saturated carbocycles. The van der Waals surface area contributed by atoms with Gasteiger partial charge in [0, 0.05) is 30.5 Å². The number of carbonyl (C=O) groups is 3. The van der Waals surface area contributed by atoms with Crippen molar-refractivity contribution in [3.8, 4) is 0 Å². The standard InChI is InChI=1S/C18H20ClN3O4/c1-3-22(4-2)17(24)12-6-5-7-14(8-12)21-16(23)11-26-18(25)15-9-13(19)10-20-15/h5-10,20H,3-4,11H2,1-2H3,(H,21,23). The van der Waals surface area contributed by atoms with E-state index in [1.165, 1.54) is 12.3 Å². The molecule has 2 aromatic rings. The summed E-state index contributed by atoms with van der Waals surface area (Å²) >= 11 is 5.71. The molecule has 0 unspecified atom stereocenters. The van der Waals surface area contributed by atoms with Gasteiger partial charge in [-0.05, 0) is 38.1 Å². The molecule has 7 nitrogen and oxygen atoms in total. The number of benzene rings is 1. The Morgan fingerprint density at radius 1 is 1.19 bits per heavy atom. The smallest absolute Gasteiger partial charge is 0.355 e. The minimum atomic E-state index is -0.683. The van der Waals surface area contributed by atoms with Crippen molar-refractivity contribution in [2.75, 3.05) is 25.0 Å². The molecule has 0 atom stereocenters. The van der Waals surface area contributed by atoms with E-state index in [1.54, 1.807) is 29.2 Å². The molecule has 0 spiro atoms. The number of anilines is 1. The van der Waals surface area contributed by atoms with Gasteiger partial charge in [0.25, 0.3) is 11.8 Å². The number of rotatable bonds is 7. The molecule has 2 rings (SSSR count). The first-order valence-corrected chi connectivity index (χ1v) is 8.52. The Morgan fingerprint density at radius 2 is 1.92 bits per heavy atom. The number of nitrogens with one attached hydrogen (secondary N) is 2. The van der Waals surface area contributed by atoms with Gasteiger partial charge in [0.2, 0.25) is 0 Å². The second-order valence-electron chi connectivity index (χ2n) is 5.41. The van der Waals surface area contributed by atoms with Crippen LogP contribution in [0.1, 0.15) is 34.7 Å². The Bertz CT molecular complexity index is 799. The molecule has 2 amide bonds. The second-order valence-corrected chi connectivity index (χ2v) is 5.85. The molecular formula is C18H20ClN3O4. The molecule has 2 N–H and O–H groups in total. The largest absolute Gasteiger partial charge is 0.451 e. The number of aromatic amines is 1. The van der Waals surface area contributed by atoms with E-state index >= 15 is 0 Å². The number of esters is 1. The van der Waals surface area contributed by atoms with Gasteiger partial charge >= 0.3 is 5.97 Å². The lowest BCUT2D eigenvalue weighted by atomic mass is 10.1. The van der Waals surface area contributed by atoms with E-state index in [-0.39, 0.29) is 11.6 Å². The first kappa shape index (κ1) is 19.5. The van der Waals surface area contributed by atoms with Crippen LogP contribution in [0.5, 0.6) is 0 Å². The third-order valence-corrected chi connectivity index (χ3v) is 3.86.